The second kappa shape index (κ2) is 12.1. The molecule has 11 aromatic rings. The standard InChI is InChI=1S/C50H31N3O/c1-2-12-32(13-3-1)33-24-26-34(27-25-33)38-19-10-14-36-15-11-20-39(46(36)38)35-28-30-37(31-29-35)47-49-48(42-18-6-9-23-45(42)54-49)52-50(51-47)53-43-21-7-4-16-40(43)41-17-5-8-22-44(41)53/h1-31H/i1D,2D,3D,12D,13D. The topological polar surface area (TPSA) is 43.9 Å². The summed E-state index contributed by atoms with van der Waals surface area (Å²) in [6, 6.07) is 51.7. The van der Waals surface area contributed by atoms with Crippen LogP contribution in [0.2, 0.25) is 0 Å². The van der Waals surface area contributed by atoms with Gasteiger partial charge in [0.15, 0.2) is 5.58 Å². The van der Waals surface area contributed by atoms with Gasteiger partial charge in [-0.25, -0.2) is 9.97 Å². The van der Waals surface area contributed by atoms with E-state index in [-0.39, 0.29) is 29.7 Å². The summed E-state index contributed by atoms with van der Waals surface area (Å²) in [5, 5.41) is 5.35. The number of hydrogen-bond donors (Lipinski definition) is 0. The number of hydrogen-bond acceptors (Lipinski definition) is 3. The molecule has 252 valence electrons. The van der Waals surface area contributed by atoms with E-state index in [4.69, 9.17) is 21.2 Å². The third-order valence-corrected chi connectivity index (χ3v) is 10.3. The van der Waals surface area contributed by atoms with Crippen LogP contribution in [0.4, 0.5) is 0 Å². The summed E-state index contributed by atoms with van der Waals surface area (Å²) in [5.41, 5.74) is 10.6. The minimum atomic E-state index is -0.402. The molecule has 0 atom stereocenters. The molecular formula is C50H31N3O. The quantitative estimate of drug-likeness (QED) is 0.180. The Hall–Kier alpha value is -7.30. The van der Waals surface area contributed by atoms with Gasteiger partial charge in [0.1, 0.15) is 16.8 Å². The molecule has 0 amide bonds. The van der Waals surface area contributed by atoms with Crippen LogP contribution in [0.25, 0.3) is 105 Å². The van der Waals surface area contributed by atoms with Crippen molar-refractivity contribution < 1.29 is 11.3 Å². The zero-order valence-corrected chi connectivity index (χ0v) is 28.8. The van der Waals surface area contributed by atoms with Gasteiger partial charge in [0.2, 0.25) is 5.95 Å². The van der Waals surface area contributed by atoms with Crippen molar-refractivity contribution in [2.75, 3.05) is 0 Å². The van der Waals surface area contributed by atoms with Crippen LogP contribution in [0.3, 0.4) is 0 Å². The molecule has 0 N–H and O–H groups in total. The predicted molar refractivity (Wildman–Crippen MR) is 223 cm³/mol. The fraction of sp³-hybridized carbons (Fsp3) is 0. The third kappa shape index (κ3) is 4.78. The Morgan fingerprint density at radius 2 is 1.02 bits per heavy atom. The van der Waals surface area contributed by atoms with Crippen molar-refractivity contribution in [2.45, 2.75) is 0 Å². The summed E-state index contributed by atoms with van der Waals surface area (Å²) in [6.07, 6.45) is 0. The van der Waals surface area contributed by atoms with Crippen molar-refractivity contribution in [3.8, 4) is 50.6 Å². The van der Waals surface area contributed by atoms with Crippen LogP contribution >= 0.6 is 0 Å². The minimum absolute atomic E-state index is 0.187. The van der Waals surface area contributed by atoms with E-state index >= 15 is 0 Å². The number of para-hydroxylation sites is 3. The molecule has 0 fully saturated rings. The highest BCUT2D eigenvalue weighted by Gasteiger charge is 2.21. The molecule has 8 aromatic carbocycles. The van der Waals surface area contributed by atoms with Crippen LogP contribution in [0.1, 0.15) is 6.85 Å². The maximum atomic E-state index is 8.47. The maximum absolute atomic E-state index is 8.47. The van der Waals surface area contributed by atoms with Crippen LogP contribution < -0.4 is 0 Å². The fourth-order valence-electron chi connectivity index (χ4n) is 7.85. The molecule has 0 radical (unpaired) electrons. The van der Waals surface area contributed by atoms with Gasteiger partial charge in [0.05, 0.1) is 17.9 Å². The van der Waals surface area contributed by atoms with Crippen molar-refractivity contribution in [1.29, 1.82) is 0 Å². The molecule has 0 saturated heterocycles. The molecule has 0 aliphatic carbocycles. The molecule has 54 heavy (non-hydrogen) atoms. The second-order valence-electron chi connectivity index (χ2n) is 13.4. The molecule has 11 rings (SSSR count). The van der Waals surface area contributed by atoms with Crippen LogP contribution in [-0.4, -0.2) is 14.5 Å². The van der Waals surface area contributed by atoms with Gasteiger partial charge < -0.3 is 4.42 Å². The SMILES string of the molecule is [2H]c1c([2H])c([2H])c(-c2ccc(-c3cccc4cccc(-c5ccc(-c6nc(-n7c8ccccc8c8ccccc87)nc7c6oc6ccccc67)cc5)c34)cc2)c([2H])c1[2H]. The van der Waals surface area contributed by atoms with Gasteiger partial charge in [-0.15, -0.1) is 0 Å². The lowest BCUT2D eigenvalue weighted by Crippen LogP contribution is -2.02. The Morgan fingerprint density at radius 1 is 0.463 bits per heavy atom. The van der Waals surface area contributed by atoms with E-state index in [1.54, 1.807) is 0 Å². The first kappa shape index (κ1) is 25.6. The van der Waals surface area contributed by atoms with Crippen molar-refractivity contribution in [1.82, 2.24) is 14.5 Å². The Bertz CT molecular complexity index is 3410. The van der Waals surface area contributed by atoms with Gasteiger partial charge in [-0.2, -0.15) is 0 Å². The number of furan rings is 1. The molecule has 0 aliphatic heterocycles. The van der Waals surface area contributed by atoms with E-state index in [0.717, 1.165) is 76.9 Å². The molecule has 0 unspecified atom stereocenters. The highest BCUT2D eigenvalue weighted by molar-refractivity contribution is 6.11. The average Bonchev–Trinajstić information content (AvgIpc) is 3.83. The highest BCUT2D eigenvalue weighted by atomic mass is 16.3. The van der Waals surface area contributed by atoms with E-state index in [1.807, 2.05) is 66.7 Å². The smallest absolute Gasteiger partial charge is 0.236 e. The fourth-order valence-corrected chi connectivity index (χ4v) is 7.85. The molecule has 4 heteroatoms. The Morgan fingerprint density at radius 3 is 1.67 bits per heavy atom. The van der Waals surface area contributed by atoms with Crippen molar-refractivity contribution in [2.24, 2.45) is 0 Å². The van der Waals surface area contributed by atoms with Gasteiger partial charge in [-0.1, -0.05) is 164 Å². The number of benzene rings is 8. The predicted octanol–water partition coefficient (Wildman–Crippen LogP) is 13.3. The third-order valence-electron chi connectivity index (χ3n) is 10.3. The first-order valence-corrected chi connectivity index (χ1v) is 17.8. The van der Waals surface area contributed by atoms with E-state index in [1.165, 1.54) is 0 Å². The van der Waals surface area contributed by atoms with Crippen molar-refractivity contribution in [3.63, 3.8) is 0 Å². The number of rotatable bonds is 5. The van der Waals surface area contributed by atoms with Gasteiger partial charge >= 0.3 is 0 Å². The summed E-state index contributed by atoms with van der Waals surface area (Å²) in [6.45, 7) is 0. The first-order valence-electron chi connectivity index (χ1n) is 20.3. The molecular weight excluding hydrogens is 659 g/mol. The van der Waals surface area contributed by atoms with Crippen LogP contribution in [0, 0.1) is 0 Å². The van der Waals surface area contributed by atoms with Crippen molar-refractivity contribution >= 4 is 54.6 Å². The number of nitrogens with zero attached hydrogens (tertiary/aromatic N) is 3. The molecule has 0 aliphatic rings. The van der Waals surface area contributed by atoms with Crippen molar-refractivity contribution in [3.05, 3.63) is 188 Å². The summed E-state index contributed by atoms with van der Waals surface area (Å²) in [5.74, 6) is 0.566. The van der Waals surface area contributed by atoms with Gasteiger partial charge in [0.25, 0.3) is 0 Å². The average molecular weight is 695 g/mol. The minimum Gasteiger partial charge on any atom is -0.452 e. The molecule has 0 bridgehead atoms. The largest absolute Gasteiger partial charge is 0.452 e. The first-order chi connectivity index (χ1) is 28.9. The van der Waals surface area contributed by atoms with E-state index in [2.05, 4.69) is 95.6 Å². The molecule has 3 aromatic heterocycles. The highest BCUT2D eigenvalue weighted by Crippen LogP contribution is 2.40. The van der Waals surface area contributed by atoms with E-state index < -0.39 is 6.04 Å². The lowest BCUT2D eigenvalue weighted by Gasteiger charge is -2.14. The maximum Gasteiger partial charge on any atom is 0.236 e. The van der Waals surface area contributed by atoms with Crippen LogP contribution in [0.5, 0.6) is 0 Å². The lowest BCUT2D eigenvalue weighted by atomic mass is 9.90. The zero-order valence-electron chi connectivity index (χ0n) is 33.8. The van der Waals surface area contributed by atoms with E-state index in [9.17, 15) is 0 Å². The summed E-state index contributed by atoms with van der Waals surface area (Å²) in [4.78, 5) is 10.5. The number of fused-ring (bicyclic) bond motifs is 7. The van der Waals surface area contributed by atoms with Gasteiger partial charge in [-0.3, -0.25) is 4.57 Å². The van der Waals surface area contributed by atoms with Gasteiger partial charge in [-0.05, 0) is 68.4 Å². The van der Waals surface area contributed by atoms with Crippen LogP contribution in [-0.2, 0) is 0 Å². The molecule has 4 nitrogen and oxygen atoms in total. The summed E-state index contributed by atoms with van der Waals surface area (Å²) >= 11 is 0. The Kier molecular flexibility index (Phi) is 5.76. The van der Waals surface area contributed by atoms with E-state index in [0.29, 0.717) is 22.8 Å². The molecule has 0 saturated carbocycles. The van der Waals surface area contributed by atoms with Crippen LogP contribution in [0.15, 0.2) is 192 Å². The normalized spacial score (nSPS) is 13.0. The Balaban J connectivity index is 1.04. The van der Waals surface area contributed by atoms with Gasteiger partial charge in [0, 0.05) is 21.7 Å². The second-order valence-corrected chi connectivity index (χ2v) is 13.4. The number of aromatic nitrogens is 3. The zero-order chi connectivity index (χ0) is 39.9. The lowest BCUT2D eigenvalue weighted by molar-refractivity contribution is 0.666. The molecule has 3 heterocycles. The molecule has 0 spiro atoms. The monoisotopic (exact) mass is 694 g/mol. The summed E-state index contributed by atoms with van der Waals surface area (Å²) in [7, 11) is 0. The summed E-state index contributed by atoms with van der Waals surface area (Å²) < 4.78 is 49.9. The Labute approximate surface area is 318 Å².